The number of hydrogen-bond acceptors (Lipinski definition) is 3. The summed E-state index contributed by atoms with van der Waals surface area (Å²) in [5.41, 5.74) is 2.53. The smallest absolute Gasteiger partial charge is 0.107 e. The summed E-state index contributed by atoms with van der Waals surface area (Å²) < 4.78 is 11.9. The first-order chi connectivity index (χ1) is 10.3. The summed E-state index contributed by atoms with van der Waals surface area (Å²) in [6, 6.07) is 9.21. The van der Waals surface area contributed by atoms with Crippen molar-refractivity contribution >= 4 is 0 Å². The molecule has 0 amide bonds. The molecule has 1 saturated heterocycles. The van der Waals surface area contributed by atoms with Gasteiger partial charge in [-0.15, -0.1) is 6.58 Å². The maximum Gasteiger partial charge on any atom is 0.107 e. The van der Waals surface area contributed by atoms with Gasteiger partial charge in [0, 0.05) is 32.7 Å². The third kappa shape index (κ3) is 2.24. The highest BCUT2D eigenvalue weighted by Gasteiger charge is 2.53. The minimum absolute atomic E-state index is 0.0351. The minimum atomic E-state index is -0.330. The molecule has 1 heterocycles. The number of benzene rings is 1. The number of methoxy groups -OCH3 is 2. The van der Waals surface area contributed by atoms with Crippen molar-refractivity contribution in [2.75, 3.05) is 20.8 Å². The van der Waals surface area contributed by atoms with Gasteiger partial charge in [0.2, 0.25) is 0 Å². The number of hydrogen-bond donors (Lipinski definition) is 1. The highest BCUT2D eigenvalue weighted by Crippen LogP contribution is 2.47. The van der Waals surface area contributed by atoms with Gasteiger partial charge in [0.05, 0.1) is 6.10 Å². The fourth-order valence-corrected chi connectivity index (χ4v) is 4.32. The Labute approximate surface area is 127 Å². The van der Waals surface area contributed by atoms with Crippen LogP contribution < -0.4 is 5.32 Å². The average molecular weight is 287 g/mol. The Balaban J connectivity index is 2.11. The molecule has 3 rings (SSSR count). The first-order valence-corrected chi connectivity index (χ1v) is 7.77. The Morgan fingerprint density at radius 2 is 2.19 bits per heavy atom. The van der Waals surface area contributed by atoms with Gasteiger partial charge in [-0.2, -0.15) is 0 Å². The van der Waals surface area contributed by atoms with E-state index in [0.717, 1.165) is 25.8 Å². The number of fused-ring (bicyclic) bond motifs is 3. The number of rotatable bonds is 4. The highest BCUT2D eigenvalue weighted by molar-refractivity contribution is 5.38. The third-order valence-electron chi connectivity index (χ3n) is 5.28. The maximum atomic E-state index is 6.11. The van der Waals surface area contributed by atoms with Crippen molar-refractivity contribution in [1.29, 1.82) is 0 Å². The van der Waals surface area contributed by atoms with Crippen molar-refractivity contribution in [3.63, 3.8) is 0 Å². The lowest BCUT2D eigenvalue weighted by molar-refractivity contribution is -0.152. The molecule has 0 bridgehead atoms. The molecule has 1 aromatic carbocycles. The van der Waals surface area contributed by atoms with Gasteiger partial charge in [0.15, 0.2) is 0 Å². The van der Waals surface area contributed by atoms with Gasteiger partial charge in [-0.1, -0.05) is 30.3 Å². The number of aryl methyl sites for hydroxylation is 1. The van der Waals surface area contributed by atoms with Crippen molar-refractivity contribution in [3.8, 4) is 0 Å². The van der Waals surface area contributed by atoms with Crippen molar-refractivity contribution in [2.24, 2.45) is 0 Å². The van der Waals surface area contributed by atoms with E-state index in [4.69, 9.17) is 9.47 Å². The Bertz CT molecular complexity index is 516. The molecule has 0 spiro atoms. The zero-order valence-corrected chi connectivity index (χ0v) is 13.0. The first-order valence-electron chi connectivity index (χ1n) is 7.77. The predicted molar refractivity (Wildman–Crippen MR) is 84.6 cm³/mol. The number of piperidine rings is 1. The molecule has 4 atom stereocenters. The molecule has 1 aliphatic carbocycles. The van der Waals surface area contributed by atoms with E-state index < -0.39 is 0 Å². The van der Waals surface area contributed by atoms with E-state index in [9.17, 15) is 0 Å². The van der Waals surface area contributed by atoms with Crippen LogP contribution in [0.1, 0.15) is 29.9 Å². The van der Waals surface area contributed by atoms with Crippen LogP contribution in [0.25, 0.3) is 0 Å². The predicted octanol–water partition coefficient (Wildman–Crippen LogP) is 2.66. The molecule has 3 heteroatoms. The van der Waals surface area contributed by atoms with E-state index in [1.807, 2.05) is 13.2 Å². The Kier molecular flexibility index (Phi) is 4.16. The summed E-state index contributed by atoms with van der Waals surface area (Å²) in [6.45, 7) is 4.79. The van der Waals surface area contributed by atoms with E-state index >= 15 is 0 Å². The van der Waals surface area contributed by atoms with Gasteiger partial charge in [0.1, 0.15) is 5.60 Å². The molecule has 1 aliphatic heterocycles. The topological polar surface area (TPSA) is 30.5 Å². The number of nitrogens with one attached hydrogen (secondary N) is 1. The molecule has 2 aliphatic rings. The second-order valence-electron chi connectivity index (χ2n) is 6.11. The molecule has 1 N–H and O–H groups in total. The van der Waals surface area contributed by atoms with E-state index in [1.54, 1.807) is 7.11 Å². The zero-order chi connectivity index (χ0) is 14.9. The fourth-order valence-electron chi connectivity index (χ4n) is 4.32. The molecule has 0 saturated carbocycles. The molecule has 1 fully saturated rings. The van der Waals surface area contributed by atoms with E-state index in [2.05, 4.69) is 36.2 Å². The number of ether oxygens (including phenoxy) is 2. The van der Waals surface area contributed by atoms with Gasteiger partial charge in [0.25, 0.3) is 0 Å². The Morgan fingerprint density at radius 1 is 1.38 bits per heavy atom. The third-order valence-corrected chi connectivity index (χ3v) is 5.28. The van der Waals surface area contributed by atoms with Crippen LogP contribution in [0.4, 0.5) is 0 Å². The van der Waals surface area contributed by atoms with Crippen LogP contribution in [-0.4, -0.2) is 38.5 Å². The lowest BCUT2D eigenvalue weighted by Gasteiger charge is -2.53. The Hall–Kier alpha value is -1.16. The molecule has 0 aromatic heterocycles. The van der Waals surface area contributed by atoms with Gasteiger partial charge < -0.3 is 14.8 Å². The molecule has 1 aromatic rings. The van der Waals surface area contributed by atoms with Gasteiger partial charge >= 0.3 is 0 Å². The average Bonchev–Trinajstić information content (AvgIpc) is 2.54. The van der Waals surface area contributed by atoms with E-state index in [0.29, 0.717) is 12.0 Å². The quantitative estimate of drug-likeness (QED) is 0.864. The molecular weight excluding hydrogens is 262 g/mol. The van der Waals surface area contributed by atoms with Crippen molar-refractivity contribution in [2.45, 2.75) is 42.9 Å². The molecule has 21 heavy (non-hydrogen) atoms. The molecular formula is C18H25NO2. The molecule has 0 radical (unpaired) electrons. The monoisotopic (exact) mass is 287 g/mol. The summed E-state index contributed by atoms with van der Waals surface area (Å²) in [4.78, 5) is 0. The lowest BCUT2D eigenvalue weighted by Crippen LogP contribution is -2.65. The van der Waals surface area contributed by atoms with Crippen molar-refractivity contribution < 1.29 is 9.47 Å². The molecule has 4 unspecified atom stereocenters. The van der Waals surface area contributed by atoms with Crippen LogP contribution in [-0.2, 0) is 15.9 Å². The van der Waals surface area contributed by atoms with E-state index in [1.165, 1.54) is 11.1 Å². The Morgan fingerprint density at radius 3 is 2.90 bits per heavy atom. The van der Waals surface area contributed by atoms with Crippen LogP contribution in [0.15, 0.2) is 36.9 Å². The van der Waals surface area contributed by atoms with Gasteiger partial charge in [-0.05, 0) is 30.4 Å². The normalized spacial score (nSPS) is 34.9. The van der Waals surface area contributed by atoms with Crippen LogP contribution >= 0.6 is 0 Å². The van der Waals surface area contributed by atoms with Gasteiger partial charge in [-0.25, -0.2) is 0 Å². The van der Waals surface area contributed by atoms with Crippen LogP contribution in [0.5, 0.6) is 0 Å². The van der Waals surface area contributed by atoms with Crippen LogP contribution in [0, 0.1) is 0 Å². The van der Waals surface area contributed by atoms with Crippen LogP contribution in [0.2, 0.25) is 0 Å². The summed E-state index contributed by atoms with van der Waals surface area (Å²) >= 11 is 0. The fraction of sp³-hybridized carbons (Fsp3) is 0.556. The summed E-state index contributed by atoms with van der Waals surface area (Å²) in [5, 5.41) is 3.67. The highest BCUT2D eigenvalue weighted by atomic mass is 16.5. The molecule has 3 nitrogen and oxygen atoms in total. The standard InChI is InChI=1S/C18H25NO2/c1-4-11-18(21-3)16(20-2)12-19-15-10-9-13-7-5-6-8-14(13)17(15)18/h4-8,15-17,19H,1,9-12H2,2-3H3. The first kappa shape index (κ1) is 14.8. The summed E-state index contributed by atoms with van der Waals surface area (Å²) in [5.74, 6) is 0.309. The summed E-state index contributed by atoms with van der Waals surface area (Å²) in [6.07, 6.45) is 5.10. The SMILES string of the molecule is C=CCC1(OC)C(OC)CNC2CCc3ccccc3C21. The van der Waals surface area contributed by atoms with Crippen molar-refractivity contribution in [1.82, 2.24) is 5.32 Å². The lowest BCUT2D eigenvalue weighted by atomic mass is 9.64. The largest absolute Gasteiger partial charge is 0.377 e. The summed E-state index contributed by atoms with van der Waals surface area (Å²) in [7, 11) is 3.59. The van der Waals surface area contributed by atoms with Crippen molar-refractivity contribution in [3.05, 3.63) is 48.0 Å². The minimum Gasteiger partial charge on any atom is -0.377 e. The zero-order valence-electron chi connectivity index (χ0n) is 13.0. The van der Waals surface area contributed by atoms with E-state index in [-0.39, 0.29) is 11.7 Å². The molecule has 114 valence electrons. The van der Waals surface area contributed by atoms with Crippen LogP contribution in [0.3, 0.4) is 0 Å². The second kappa shape index (κ2) is 5.91. The maximum absolute atomic E-state index is 6.11. The van der Waals surface area contributed by atoms with Gasteiger partial charge in [-0.3, -0.25) is 0 Å². The second-order valence-corrected chi connectivity index (χ2v) is 6.11.